The lowest BCUT2D eigenvalue weighted by Crippen LogP contribution is -2.39. The highest BCUT2D eigenvalue weighted by Gasteiger charge is 2.25. The quantitative estimate of drug-likeness (QED) is 0.841. The molecule has 0 aliphatic carbocycles. The molecule has 0 unspecified atom stereocenters. The number of carbonyl (C=O) groups excluding carboxylic acids is 1. The second-order valence-electron chi connectivity index (χ2n) is 5.04. The van der Waals surface area contributed by atoms with Crippen molar-refractivity contribution in [3.63, 3.8) is 0 Å². The monoisotopic (exact) mass is 263 g/mol. The zero-order chi connectivity index (χ0) is 13.8. The fourth-order valence-electron chi connectivity index (χ4n) is 2.60. The number of piperidine rings is 1. The molecule has 1 heterocycles. The van der Waals surface area contributed by atoms with Crippen molar-refractivity contribution < 1.29 is 14.3 Å². The van der Waals surface area contributed by atoms with Crippen LogP contribution in [0.3, 0.4) is 0 Å². The summed E-state index contributed by atoms with van der Waals surface area (Å²) in [5.41, 5.74) is 0.580. The number of hydrogen-bond donors (Lipinski definition) is 0. The Morgan fingerprint density at radius 1 is 1.32 bits per heavy atom. The third-order valence-corrected chi connectivity index (χ3v) is 3.58. The lowest BCUT2D eigenvalue weighted by molar-refractivity contribution is 0.0679. The first-order valence-corrected chi connectivity index (χ1v) is 6.67. The Morgan fingerprint density at radius 3 is 2.74 bits per heavy atom. The minimum Gasteiger partial charge on any atom is -0.493 e. The van der Waals surface area contributed by atoms with Gasteiger partial charge in [0.2, 0.25) is 0 Å². The summed E-state index contributed by atoms with van der Waals surface area (Å²) in [5, 5.41) is 0. The van der Waals surface area contributed by atoms with Gasteiger partial charge in [0.15, 0.2) is 11.5 Å². The van der Waals surface area contributed by atoms with E-state index in [9.17, 15) is 4.79 Å². The fraction of sp³-hybridized carbons (Fsp3) is 0.533. The van der Waals surface area contributed by atoms with Crippen molar-refractivity contribution in [2.24, 2.45) is 5.92 Å². The molecule has 0 bridgehead atoms. The van der Waals surface area contributed by atoms with Crippen molar-refractivity contribution in [3.05, 3.63) is 23.8 Å². The number of amides is 1. The first kappa shape index (κ1) is 13.7. The number of carbonyl (C=O) groups is 1. The largest absolute Gasteiger partial charge is 0.493 e. The summed E-state index contributed by atoms with van der Waals surface area (Å²) in [5.74, 6) is 1.71. The number of methoxy groups -OCH3 is 2. The molecular weight excluding hydrogens is 242 g/mol. The molecule has 0 aromatic heterocycles. The van der Waals surface area contributed by atoms with Gasteiger partial charge in [-0.2, -0.15) is 0 Å². The predicted octanol–water partition coefficient (Wildman–Crippen LogP) is 2.58. The van der Waals surface area contributed by atoms with Crippen LogP contribution >= 0.6 is 0 Å². The molecule has 0 N–H and O–H groups in total. The van der Waals surface area contributed by atoms with E-state index < -0.39 is 0 Å². The molecule has 2 rings (SSSR count). The minimum atomic E-state index is 0.0299. The molecule has 1 amide bonds. The summed E-state index contributed by atoms with van der Waals surface area (Å²) in [4.78, 5) is 14.5. The van der Waals surface area contributed by atoms with Gasteiger partial charge in [-0.15, -0.1) is 0 Å². The molecule has 19 heavy (non-hydrogen) atoms. The van der Waals surface area contributed by atoms with Crippen LogP contribution in [-0.4, -0.2) is 38.1 Å². The van der Waals surface area contributed by atoms with Gasteiger partial charge in [0.1, 0.15) is 0 Å². The van der Waals surface area contributed by atoms with Crippen LogP contribution < -0.4 is 9.47 Å². The summed E-state index contributed by atoms with van der Waals surface area (Å²) in [6, 6.07) is 5.42. The van der Waals surface area contributed by atoms with Gasteiger partial charge in [0.05, 0.1) is 19.8 Å². The lowest BCUT2D eigenvalue weighted by Gasteiger charge is -2.31. The Kier molecular flexibility index (Phi) is 4.30. The Morgan fingerprint density at radius 2 is 2.11 bits per heavy atom. The molecule has 1 aliphatic rings. The van der Waals surface area contributed by atoms with E-state index in [2.05, 4.69) is 6.92 Å². The van der Waals surface area contributed by atoms with Crippen molar-refractivity contribution >= 4 is 5.91 Å². The molecule has 0 spiro atoms. The predicted molar refractivity (Wildman–Crippen MR) is 73.8 cm³/mol. The van der Waals surface area contributed by atoms with Gasteiger partial charge in [0.25, 0.3) is 5.91 Å². The summed E-state index contributed by atoms with van der Waals surface area (Å²) in [6.45, 7) is 3.82. The molecule has 1 fully saturated rings. The molecule has 104 valence electrons. The average molecular weight is 263 g/mol. The highest BCUT2D eigenvalue weighted by Crippen LogP contribution is 2.32. The van der Waals surface area contributed by atoms with Gasteiger partial charge in [-0.05, 0) is 30.9 Å². The maximum atomic E-state index is 12.6. The Hall–Kier alpha value is -1.71. The van der Waals surface area contributed by atoms with E-state index in [4.69, 9.17) is 9.47 Å². The zero-order valence-electron chi connectivity index (χ0n) is 11.8. The molecule has 0 radical (unpaired) electrons. The number of ether oxygens (including phenoxy) is 2. The summed E-state index contributed by atoms with van der Waals surface area (Å²) < 4.78 is 10.6. The van der Waals surface area contributed by atoms with Gasteiger partial charge in [-0.1, -0.05) is 13.0 Å². The molecule has 1 aromatic carbocycles. The highest BCUT2D eigenvalue weighted by molar-refractivity contribution is 5.97. The topological polar surface area (TPSA) is 38.8 Å². The van der Waals surface area contributed by atoms with Crippen LogP contribution in [0.2, 0.25) is 0 Å². The van der Waals surface area contributed by atoms with E-state index in [1.54, 1.807) is 26.4 Å². The minimum absolute atomic E-state index is 0.0299. The Bertz CT molecular complexity index is 459. The molecule has 1 aromatic rings. The average Bonchev–Trinajstić information content (AvgIpc) is 2.45. The van der Waals surface area contributed by atoms with E-state index in [1.165, 1.54) is 6.42 Å². The number of nitrogens with zero attached hydrogens (tertiary/aromatic N) is 1. The van der Waals surface area contributed by atoms with Crippen LogP contribution in [0.4, 0.5) is 0 Å². The van der Waals surface area contributed by atoms with Crippen molar-refractivity contribution in [2.75, 3.05) is 27.3 Å². The van der Waals surface area contributed by atoms with Crippen LogP contribution in [0.5, 0.6) is 11.5 Å². The van der Waals surface area contributed by atoms with E-state index in [1.807, 2.05) is 11.0 Å². The molecule has 4 nitrogen and oxygen atoms in total. The highest BCUT2D eigenvalue weighted by atomic mass is 16.5. The Balaban J connectivity index is 2.28. The second-order valence-corrected chi connectivity index (χ2v) is 5.04. The SMILES string of the molecule is COc1cccc(C(=O)N2CCC[C@@H](C)C2)c1OC. The smallest absolute Gasteiger partial charge is 0.257 e. The van der Waals surface area contributed by atoms with Crippen LogP contribution in [0.1, 0.15) is 30.1 Å². The van der Waals surface area contributed by atoms with E-state index in [0.29, 0.717) is 23.0 Å². The molecular formula is C15H21NO3. The van der Waals surface area contributed by atoms with E-state index in [0.717, 1.165) is 19.5 Å². The van der Waals surface area contributed by atoms with E-state index >= 15 is 0 Å². The number of hydrogen-bond acceptors (Lipinski definition) is 3. The van der Waals surface area contributed by atoms with Gasteiger partial charge >= 0.3 is 0 Å². The van der Waals surface area contributed by atoms with Crippen molar-refractivity contribution in [2.45, 2.75) is 19.8 Å². The van der Waals surface area contributed by atoms with Gasteiger partial charge in [-0.25, -0.2) is 0 Å². The van der Waals surface area contributed by atoms with E-state index in [-0.39, 0.29) is 5.91 Å². The third-order valence-electron chi connectivity index (χ3n) is 3.58. The van der Waals surface area contributed by atoms with Crippen LogP contribution in [0, 0.1) is 5.92 Å². The second kappa shape index (κ2) is 5.95. The number of para-hydroxylation sites is 1. The maximum absolute atomic E-state index is 12.6. The molecule has 1 atom stereocenters. The lowest BCUT2D eigenvalue weighted by atomic mass is 9.99. The van der Waals surface area contributed by atoms with Crippen LogP contribution in [0.15, 0.2) is 18.2 Å². The Labute approximate surface area is 114 Å². The molecule has 0 saturated carbocycles. The zero-order valence-corrected chi connectivity index (χ0v) is 11.8. The van der Waals surface area contributed by atoms with Gasteiger partial charge in [-0.3, -0.25) is 4.79 Å². The van der Waals surface area contributed by atoms with Gasteiger partial charge in [0, 0.05) is 13.1 Å². The normalized spacial score (nSPS) is 19.1. The first-order chi connectivity index (χ1) is 9.17. The number of rotatable bonds is 3. The van der Waals surface area contributed by atoms with Crippen LogP contribution in [-0.2, 0) is 0 Å². The van der Waals surface area contributed by atoms with Crippen molar-refractivity contribution in [1.82, 2.24) is 4.90 Å². The maximum Gasteiger partial charge on any atom is 0.257 e. The molecule has 1 saturated heterocycles. The summed E-state index contributed by atoms with van der Waals surface area (Å²) >= 11 is 0. The summed E-state index contributed by atoms with van der Waals surface area (Å²) in [6.07, 6.45) is 2.26. The molecule has 1 aliphatic heterocycles. The first-order valence-electron chi connectivity index (χ1n) is 6.67. The third kappa shape index (κ3) is 2.83. The van der Waals surface area contributed by atoms with Gasteiger partial charge < -0.3 is 14.4 Å². The summed E-state index contributed by atoms with van der Waals surface area (Å²) in [7, 11) is 3.14. The van der Waals surface area contributed by atoms with Crippen LogP contribution in [0.25, 0.3) is 0 Å². The fourth-order valence-corrected chi connectivity index (χ4v) is 2.60. The van der Waals surface area contributed by atoms with Crippen molar-refractivity contribution in [1.29, 1.82) is 0 Å². The molecule has 4 heteroatoms. The number of benzene rings is 1. The number of likely N-dealkylation sites (tertiary alicyclic amines) is 1. The standard InChI is InChI=1S/C15H21NO3/c1-11-6-5-9-16(10-11)15(17)12-7-4-8-13(18-2)14(12)19-3/h4,7-8,11H,5-6,9-10H2,1-3H3/t11-/m1/s1. The van der Waals surface area contributed by atoms with Crippen molar-refractivity contribution in [3.8, 4) is 11.5 Å².